The smallest absolute Gasteiger partial charge is 0.127 e. The molecule has 4 nitrogen and oxygen atoms in total. The fraction of sp³-hybridized carbons (Fsp3) is 0.400. The maximum atomic E-state index is 5.77. The zero-order chi connectivity index (χ0) is 17.5. The third-order valence-corrected chi connectivity index (χ3v) is 3.82. The van der Waals surface area contributed by atoms with Crippen LogP contribution in [0.4, 0.5) is 0 Å². The molecule has 0 aliphatic heterocycles. The standard InChI is InChI=1S/C20H27NO3/c1-14(2)24-19-8-6-7-16(11-19)15(3)21-13-17-9-10-18(22-4)12-20(17)23-5/h6-12,14-15,21H,13H2,1-5H3. The van der Waals surface area contributed by atoms with Gasteiger partial charge in [-0.25, -0.2) is 0 Å². The van der Waals surface area contributed by atoms with Crippen LogP contribution in [0.15, 0.2) is 42.5 Å². The van der Waals surface area contributed by atoms with Gasteiger partial charge in [0.05, 0.1) is 20.3 Å². The lowest BCUT2D eigenvalue weighted by atomic mass is 10.1. The van der Waals surface area contributed by atoms with Gasteiger partial charge in [0.1, 0.15) is 17.2 Å². The van der Waals surface area contributed by atoms with Crippen molar-refractivity contribution >= 4 is 0 Å². The first-order chi connectivity index (χ1) is 11.5. The minimum atomic E-state index is 0.173. The lowest BCUT2D eigenvalue weighted by Gasteiger charge is -2.18. The van der Waals surface area contributed by atoms with Crippen molar-refractivity contribution < 1.29 is 14.2 Å². The molecule has 0 saturated heterocycles. The van der Waals surface area contributed by atoms with Crippen molar-refractivity contribution in [2.24, 2.45) is 0 Å². The Morgan fingerprint density at radius 2 is 1.71 bits per heavy atom. The average Bonchev–Trinajstić information content (AvgIpc) is 2.59. The van der Waals surface area contributed by atoms with Crippen LogP contribution >= 0.6 is 0 Å². The predicted octanol–water partition coefficient (Wildman–Crippen LogP) is 4.34. The molecule has 2 rings (SSSR count). The van der Waals surface area contributed by atoms with Gasteiger partial charge in [0, 0.05) is 24.2 Å². The molecule has 1 N–H and O–H groups in total. The molecule has 2 aromatic rings. The van der Waals surface area contributed by atoms with Crippen LogP contribution in [-0.2, 0) is 6.54 Å². The van der Waals surface area contributed by atoms with E-state index in [0.29, 0.717) is 6.54 Å². The van der Waals surface area contributed by atoms with E-state index in [1.54, 1.807) is 14.2 Å². The Balaban J connectivity index is 2.04. The Bertz CT molecular complexity index is 655. The minimum absolute atomic E-state index is 0.173. The summed E-state index contributed by atoms with van der Waals surface area (Å²) < 4.78 is 16.5. The van der Waals surface area contributed by atoms with E-state index in [-0.39, 0.29) is 12.1 Å². The van der Waals surface area contributed by atoms with Gasteiger partial charge in [-0.1, -0.05) is 18.2 Å². The van der Waals surface area contributed by atoms with Crippen molar-refractivity contribution in [2.75, 3.05) is 14.2 Å². The lowest BCUT2D eigenvalue weighted by Crippen LogP contribution is -2.18. The van der Waals surface area contributed by atoms with Crippen molar-refractivity contribution in [1.82, 2.24) is 5.32 Å². The number of rotatable bonds is 8. The average molecular weight is 329 g/mol. The van der Waals surface area contributed by atoms with Crippen LogP contribution in [0.1, 0.15) is 37.9 Å². The molecule has 1 unspecified atom stereocenters. The van der Waals surface area contributed by atoms with Gasteiger partial charge in [-0.05, 0) is 44.5 Å². The first-order valence-electron chi connectivity index (χ1n) is 8.24. The second-order valence-corrected chi connectivity index (χ2v) is 6.02. The molecule has 130 valence electrons. The van der Waals surface area contributed by atoms with Gasteiger partial charge in [0.2, 0.25) is 0 Å². The summed E-state index contributed by atoms with van der Waals surface area (Å²) in [6.07, 6.45) is 0.173. The Labute approximate surface area is 144 Å². The Morgan fingerprint density at radius 3 is 2.38 bits per heavy atom. The molecule has 1 atom stereocenters. The zero-order valence-electron chi connectivity index (χ0n) is 15.1. The minimum Gasteiger partial charge on any atom is -0.497 e. The Morgan fingerprint density at radius 1 is 0.917 bits per heavy atom. The van der Waals surface area contributed by atoms with E-state index in [1.807, 2.05) is 44.2 Å². The third-order valence-electron chi connectivity index (χ3n) is 3.82. The first-order valence-corrected chi connectivity index (χ1v) is 8.24. The van der Waals surface area contributed by atoms with E-state index in [2.05, 4.69) is 24.4 Å². The van der Waals surface area contributed by atoms with Crippen LogP contribution in [0.25, 0.3) is 0 Å². The van der Waals surface area contributed by atoms with Crippen molar-refractivity contribution in [3.63, 3.8) is 0 Å². The molecule has 0 aromatic heterocycles. The molecular weight excluding hydrogens is 302 g/mol. The molecule has 0 spiro atoms. The van der Waals surface area contributed by atoms with Crippen LogP contribution in [0.5, 0.6) is 17.2 Å². The van der Waals surface area contributed by atoms with Gasteiger partial charge >= 0.3 is 0 Å². The Kier molecular flexibility index (Phi) is 6.50. The van der Waals surface area contributed by atoms with E-state index in [1.165, 1.54) is 5.56 Å². The maximum absolute atomic E-state index is 5.77. The van der Waals surface area contributed by atoms with Crippen LogP contribution in [0.2, 0.25) is 0 Å². The highest BCUT2D eigenvalue weighted by Gasteiger charge is 2.10. The van der Waals surface area contributed by atoms with Gasteiger partial charge in [-0.2, -0.15) is 0 Å². The second-order valence-electron chi connectivity index (χ2n) is 6.02. The van der Waals surface area contributed by atoms with Crippen molar-refractivity contribution in [2.45, 2.75) is 39.5 Å². The van der Waals surface area contributed by atoms with Crippen LogP contribution < -0.4 is 19.5 Å². The fourth-order valence-corrected chi connectivity index (χ4v) is 2.51. The summed E-state index contributed by atoms with van der Waals surface area (Å²) in [5, 5.41) is 3.53. The van der Waals surface area contributed by atoms with E-state index < -0.39 is 0 Å². The monoisotopic (exact) mass is 329 g/mol. The summed E-state index contributed by atoms with van der Waals surface area (Å²) in [5.41, 5.74) is 2.29. The summed E-state index contributed by atoms with van der Waals surface area (Å²) in [4.78, 5) is 0. The van der Waals surface area contributed by atoms with Crippen molar-refractivity contribution in [1.29, 1.82) is 0 Å². The van der Waals surface area contributed by atoms with Gasteiger partial charge < -0.3 is 19.5 Å². The van der Waals surface area contributed by atoms with Crippen LogP contribution in [0, 0.1) is 0 Å². The van der Waals surface area contributed by atoms with Gasteiger partial charge in [0.15, 0.2) is 0 Å². The summed E-state index contributed by atoms with van der Waals surface area (Å²) in [6, 6.07) is 14.3. The number of benzene rings is 2. The molecular formula is C20H27NO3. The van der Waals surface area contributed by atoms with Crippen molar-refractivity contribution in [3.05, 3.63) is 53.6 Å². The molecule has 24 heavy (non-hydrogen) atoms. The number of ether oxygens (including phenoxy) is 3. The summed E-state index contributed by atoms with van der Waals surface area (Å²) in [7, 11) is 3.33. The Hall–Kier alpha value is -2.20. The molecule has 0 fully saturated rings. The first kappa shape index (κ1) is 18.1. The molecule has 0 amide bonds. The molecule has 4 heteroatoms. The van der Waals surface area contributed by atoms with Gasteiger partial charge in [-0.3, -0.25) is 0 Å². The van der Waals surface area contributed by atoms with E-state index >= 15 is 0 Å². The number of nitrogens with one attached hydrogen (secondary N) is 1. The van der Waals surface area contributed by atoms with Crippen LogP contribution in [0.3, 0.4) is 0 Å². The number of hydrogen-bond acceptors (Lipinski definition) is 4. The van der Waals surface area contributed by atoms with Crippen LogP contribution in [-0.4, -0.2) is 20.3 Å². The topological polar surface area (TPSA) is 39.7 Å². The molecule has 0 aliphatic carbocycles. The normalized spacial score (nSPS) is 12.1. The molecule has 0 heterocycles. The van der Waals surface area contributed by atoms with E-state index in [9.17, 15) is 0 Å². The number of hydrogen-bond donors (Lipinski definition) is 1. The summed E-state index contributed by atoms with van der Waals surface area (Å²) in [6.45, 7) is 6.92. The highest BCUT2D eigenvalue weighted by atomic mass is 16.5. The van der Waals surface area contributed by atoms with Crippen molar-refractivity contribution in [3.8, 4) is 17.2 Å². The lowest BCUT2D eigenvalue weighted by molar-refractivity contribution is 0.242. The molecule has 0 aliphatic rings. The summed E-state index contributed by atoms with van der Waals surface area (Å²) in [5.74, 6) is 2.52. The highest BCUT2D eigenvalue weighted by molar-refractivity contribution is 5.40. The van der Waals surface area contributed by atoms with Gasteiger partial charge in [-0.15, -0.1) is 0 Å². The molecule has 2 aromatic carbocycles. The van der Waals surface area contributed by atoms with E-state index in [0.717, 1.165) is 22.8 Å². The SMILES string of the molecule is COc1ccc(CNC(C)c2cccc(OC(C)C)c2)c(OC)c1. The third kappa shape index (κ3) is 4.90. The summed E-state index contributed by atoms with van der Waals surface area (Å²) >= 11 is 0. The van der Waals surface area contributed by atoms with E-state index in [4.69, 9.17) is 14.2 Å². The second kappa shape index (κ2) is 8.60. The number of methoxy groups -OCH3 is 2. The fourth-order valence-electron chi connectivity index (χ4n) is 2.51. The molecule has 0 saturated carbocycles. The predicted molar refractivity (Wildman–Crippen MR) is 97.0 cm³/mol. The highest BCUT2D eigenvalue weighted by Crippen LogP contribution is 2.26. The zero-order valence-corrected chi connectivity index (χ0v) is 15.1. The molecule has 0 bridgehead atoms. The largest absolute Gasteiger partial charge is 0.497 e. The quantitative estimate of drug-likeness (QED) is 0.782. The molecule has 0 radical (unpaired) electrons. The maximum Gasteiger partial charge on any atom is 0.127 e. The van der Waals surface area contributed by atoms with Gasteiger partial charge in [0.25, 0.3) is 0 Å².